The molecule has 188 valence electrons. The van der Waals surface area contributed by atoms with E-state index in [1.54, 1.807) is 24.4 Å². The average molecular weight is 509 g/mol. The molecule has 1 aliphatic rings. The number of benzene rings is 2. The fourth-order valence-electron chi connectivity index (χ4n) is 4.37. The van der Waals surface area contributed by atoms with E-state index < -0.39 is 36.0 Å². The smallest absolute Gasteiger partial charge is 0.345 e. The van der Waals surface area contributed by atoms with Crippen LogP contribution in [0, 0.1) is 0 Å². The fraction of sp³-hybridized carbons (Fsp3) is 0.308. The first kappa shape index (κ1) is 25.5. The second-order valence-electron chi connectivity index (χ2n) is 8.68. The average Bonchev–Trinajstić information content (AvgIpc) is 3.55. The summed E-state index contributed by atoms with van der Waals surface area (Å²) >= 11 is 4.08. The zero-order valence-corrected chi connectivity index (χ0v) is 20.4. The number of ether oxygens (including phenoxy) is 1. The van der Waals surface area contributed by atoms with Crippen molar-refractivity contribution < 1.29 is 23.9 Å². The highest BCUT2D eigenvalue weighted by Crippen LogP contribution is 2.22. The first-order valence-electron chi connectivity index (χ1n) is 11.7. The Balaban J connectivity index is 1.55. The van der Waals surface area contributed by atoms with Crippen molar-refractivity contribution in [3.63, 3.8) is 0 Å². The third-order valence-electron chi connectivity index (χ3n) is 6.26. The number of amides is 2. The maximum Gasteiger partial charge on any atom is 0.345 e. The van der Waals surface area contributed by atoms with Crippen molar-refractivity contribution in [2.45, 2.75) is 37.4 Å². The van der Waals surface area contributed by atoms with E-state index in [9.17, 15) is 19.2 Å². The number of esters is 2. The zero-order chi connectivity index (χ0) is 25.7. The Hall–Kier alpha value is -3.63. The molecule has 2 heterocycles. The maximum atomic E-state index is 13.3. The largest absolute Gasteiger partial charge is 0.388 e. The highest BCUT2D eigenvalue weighted by atomic mass is 32.1. The minimum absolute atomic E-state index is 0.0908. The maximum absolute atomic E-state index is 13.3. The second kappa shape index (κ2) is 11.4. The van der Waals surface area contributed by atoms with Crippen LogP contribution in [0.25, 0.3) is 10.9 Å². The van der Waals surface area contributed by atoms with E-state index >= 15 is 0 Å². The predicted octanol–water partition coefficient (Wildman–Crippen LogP) is 1.83. The Morgan fingerprint density at radius 3 is 2.58 bits per heavy atom. The summed E-state index contributed by atoms with van der Waals surface area (Å²) in [5, 5.41) is 3.61. The number of thiol groups is 1. The molecule has 4 N–H and O–H groups in total. The Morgan fingerprint density at radius 2 is 1.83 bits per heavy atom. The summed E-state index contributed by atoms with van der Waals surface area (Å²) in [4.78, 5) is 56.1. The van der Waals surface area contributed by atoms with E-state index in [1.165, 1.54) is 17.0 Å². The van der Waals surface area contributed by atoms with Crippen LogP contribution in [0.1, 0.15) is 28.8 Å². The van der Waals surface area contributed by atoms with Gasteiger partial charge in [-0.3, -0.25) is 9.59 Å². The van der Waals surface area contributed by atoms with Crippen molar-refractivity contribution in [2.75, 3.05) is 12.3 Å². The number of fused-ring (bicyclic) bond motifs is 1. The van der Waals surface area contributed by atoms with Crippen LogP contribution in [-0.2, 0) is 25.5 Å². The summed E-state index contributed by atoms with van der Waals surface area (Å²) in [5.74, 6) is -2.40. The molecule has 0 bridgehead atoms. The molecule has 0 aliphatic carbocycles. The third-order valence-corrected chi connectivity index (χ3v) is 6.65. The molecule has 3 atom stereocenters. The molecule has 1 aromatic heterocycles. The number of H-pyrrole nitrogens is 1. The molecule has 0 saturated carbocycles. The Labute approximate surface area is 213 Å². The van der Waals surface area contributed by atoms with Gasteiger partial charge in [-0.2, -0.15) is 12.6 Å². The number of para-hydroxylation sites is 1. The summed E-state index contributed by atoms with van der Waals surface area (Å²) in [6.07, 6.45) is 2.92. The van der Waals surface area contributed by atoms with Crippen LogP contribution in [0.3, 0.4) is 0 Å². The van der Waals surface area contributed by atoms with Crippen LogP contribution in [0.2, 0.25) is 0 Å². The topological polar surface area (TPSA) is 135 Å². The number of carbonyl (C=O) groups excluding carboxylic acids is 4. The fourth-order valence-corrected chi connectivity index (χ4v) is 4.53. The minimum atomic E-state index is -1.15. The number of nitrogens with one attached hydrogen (secondary N) is 2. The lowest BCUT2D eigenvalue weighted by Crippen LogP contribution is -2.54. The molecular formula is C26H28N4O5S. The van der Waals surface area contributed by atoms with Crippen molar-refractivity contribution in [2.24, 2.45) is 5.73 Å². The summed E-state index contributed by atoms with van der Waals surface area (Å²) in [6, 6.07) is 12.9. The monoisotopic (exact) mass is 508 g/mol. The molecule has 1 saturated heterocycles. The highest BCUT2D eigenvalue weighted by Gasteiger charge is 2.38. The summed E-state index contributed by atoms with van der Waals surface area (Å²) < 4.78 is 5.14. The number of nitrogens with zero attached hydrogens (tertiary/aromatic N) is 1. The number of rotatable bonds is 8. The van der Waals surface area contributed by atoms with Gasteiger partial charge in [-0.15, -0.1) is 0 Å². The van der Waals surface area contributed by atoms with Crippen molar-refractivity contribution in [3.05, 3.63) is 71.9 Å². The molecule has 9 nitrogen and oxygen atoms in total. The van der Waals surface area contributed by atoms with Gasteiger partial charge in [0, 0.05) is 35.8 Å². The molecule has 36 heavy (non-hydrogen) atoms. The molecule has 1 fully saturated rings. The van der Waals surface area contributed by atoms with Gasteiger partial charge >= 0.3 is 11.9 Å². The predicted molar refractivity (Wildman–Crippen MR) is 137 cm³/mol. The molecule has 10 heteroatoms. The zero-order valence-electron chi connectivity index (χ0n) is 19.6. The van der Waals surface area contributed by atoms with Crippen LogP contribution in [0.5, 0.6) is 0 Å². The van der Waals surface area contributed by atoms with Crippen LogP contribution in [0.15, 0.2) is 60.8 Å². The van der Waals surface area contributed by atoms with Crippen molar-refractivity contribution in [3.8, 4) is 0 Å². The number of nitrogens with two attached hydrogens (primary N) is 1. The minimum Gasteiger partial charge on any atom is -0.388 e. The van der Waals surface area contributed by atoms with E-state index in [1.807, 2.05) is 24.3 Å². The normalized spacial score (nSPS) is 16.9. The summed E-state index contributed by atoms with van der Waals surface area (Å²) in [7, 11) is 0. The standard InChI is InChI=1S/C26H28N4O5S/c27-19(15-36)24(32)30-12-6-11-22(30)23(31)29-21(13-17-14-28-20-10-5-4-9-18(17)20)26(34)35-25(33)16-7-2-1-3-8-16/h1-5,7-10,14,19,21-22,28,36H,6,11-13,15,27H2,(H,29,31)/t19-,21-,22-/m0/s1. The second-order valence-corrected chi connectivity index (χ2v) is 9.04. The molecule has 0 unspecified atom stereocenters. The highest BCUT2D eigenvalue weighted by molar-refractivity contribution is 7.80. The molecule has 0 radical (unpaired) electrons. The van der Waals surface area contributed by atoms with E-state index in [0.29, 0.717) is 19.4 Å². The third kappa shape index (κ3) is 5.60. The van der Waals surface area contributed by atoms with Gasteiger partial charge in [-0.25, -0.2) is 9.59 Å². The molecule has 0 spiro atoms. The lowest BCUT2D eigenvalue weighted by molar-refractivity contribution is -0.144. The first-order chi connectivity index (χ1) is 17.4. The number of hydrogen-bond donors (Lipinski definition) is 4. The Bertz CT molecular complexity index is 1260. The molecule has 1 aliphatic heterocycles. The molecule has 3 aromatic rings. The number of aromatic amines is 1. The molecule has 2 amide bonds. The van der Waals surface area contributed by atoms with E-state index in [-0.39, 0.29) is 23.6 Å². The van der Waals surface area contributed by atoms with E-state index in [4.69, 9.17) is 10.5 Å². The van der Waals surface area contributed by atoms with Crippen LogP contribution >= 0.6 is 12.6 Å². The number of carbonyl (C=O) groups is 4. The molecule has 4 rings (SSSR count). The van der Waals surface area contributed by atoms with Crippen LogP contribution in [-0.4, -0.2) is 64.1 Å². The lowest BCUT2D eigenvalue weighted by atomic mass is 10.0. The Kier molecular flexibility index (Phi) is 8.07. The van der Waals surface area contributed by atoms with Gasteiger partial charge in [0.15, 0.2) is 0 Å². The van der Waals surface area contributed by atoms with Gasteiger partial charge < -0.3 is 25.7 Å². The molecular weight excluding hydrogens is 480 g/mol. The SMILES string of the molecule is N[C@@H](CS)C(=O)N1CCC[C@H]1C(=O)N[C@@H](Cc1c[nH]c2ccccc12)C(=O)OC(=O)c1ccccc1. The molecule has 2 aromatic carbocycles. The van der Waals surface area contributed by atoms with Crippen molar-refractivity contribution >= 4 is 47.3 Å². The number of likely N-dealkylation sites (tertiary alicyclic amines) is 1. The van der Waals surface area contributed by atoms with Gasteiger partial charge in [-0.05, 0) is 36.6 Å². The van der Waals surface area contributed by atoms with Gasteiger partial charge in [0.1, 0.15) is 12.1 Å². The van der Waals surface area contributed by atoms with Gasteiger partial charge in [0.25, 0.3) is 0 Å². The van der Waals surface area contributed by atoms with Gasteiger partial charge in [0.2, 0.25) is 11.8 Å². The van der Waals surface area contributed by atoms with Gasteiger partial charge in [0.05, 0.1) is 11.6 Å². The van der Waals surface area contributed by atoms with Crippen molar-refractivity contribution in [1.29, 1.82) is 0 Å². The quantitative estimate of drug-likeness (QED) is 0.208. The summed E-state index contributed by atoms with van der Waals surface area (Å²) in [6.45, 7) is 0.391. The van der Waals surface area contributed by atoms with Crippen LogP contribution < -0.4 is 11.1 Å². The number of aromatic nitrogens is 1. The lowest BCUT2D eigenvalue weighted by Gasteiger charge is -2.27. The summed E-state index contributed by atoms with van der Waals surface area (Å²) in [5.41, 5.74) is 7.72. The number of hydrogen-bond acceptors (Lipinski definition) is 7. The van der Waals surface area contributed by atoms with Crippen LogP contribution in [0.4, 0.5) is 0 Å². The van der Waals surface area contributed by atoms with E-state index in [0.717, 1.165) is 16.5 Å². The van der Waals surface area contributed by atoms with Gasteiger partial charge in [-0.1, -0.05) is 36.4 Å². The first-order valence-corrected chi connectivity index (χ1v) is 12.4. The Morgan fingerprint density at radius 1 is 1.11 bits per heavy atom. The van der Waals surface area contributed by atoms with E-state index in [2.05, 4.69) is 22.9 Å². The van der Waals surface area contributed by atoms with Crippen molar-refractivity contribution in [1.82, 2.24) is 15.2 Å².